The fourth-order valence-electron chi connectivity index (χ4n) is 4.41. The predicted molar refractivity (Wildman–Crippen MR) is 81.4 cm³/mol. The van der Waals surface area contributed by atoms with Crippen molar-refractivity contribution in [2.75, 3.05) is 6.26 Å². The SMILES string of the molecule is CSC1CCC2CC(CCC(C)=O)(CC2C)CC1O. The number of carbonyl (C=O) groups is 1. The first kappa shape index (κ1) is 15.4. The molecule has 0 amide bonds. The second kappa shape index (κ2) is 6.17. The molecule has 2 aliphatic carbocycles. The number of ketones is 1. The molecule has 110 valence electrons. The molecule has 0 spiro atoms. The van der Waals surface area contributed by atoms with Gasteiger partial charge in [-0.15, -0.1) is 0 Å². The van der Waals surface area contributed by atoms with E-state index in [-0.39, 0.29) is 11.5 Å². The van der Waals surface area contributed by atoms with E-state index < -0.39 is 0 Å². The van der Waals surface area contributed by atoms with Crippen LogP contribution < -0.4 is 0 Å². The van der Waals surface area contributed by atoms with Crippen LogP contribution in [0.1, 0.15) is 58.8 Å². The van der Waals surface area contributed by atoms with Gasteiger partial charge in [0.25, 0.3) is 0 Å². The van der Waals surface area contributed by atoms with Crippen LogP contribution >= 0.6 is 11.8 Å². The van der Waals surface area contributed by atoms with Gasteiger partial charge < -0.3 is 9.90 Å². The maximum absolute atomic E-state index is 11.3. The highest BCUT2D eigenvalue weighted by molar-refractivity contribution is 7.99. The van der Waals surface area contributed by atoms with Gasteiger partial charge in [0.2, 0.25) is 0 Å². The van der Waals surface area contributed by atoms with E-state index in [1.165, 1.54) is 19.3 Å². The molecule has 0 saturated heterocycles. The number of fused-ring (bicyclic) bond motifs is 2. The molecule has 2 rings (SSSR count). The summed E-state index contributed by atoms with van der Waals surface area (Å²) in [4.78, 5) is 11.3. The lowest BCUT2D eigenvalue weighted by Gasteiger charge is -2.36. The Bertz CT molecular complexity index is 331. The highest BCUT2D eigenvalue weighted by Gasteiger charge is 2.46. The van der Waals surface area contributed by atoms with Crippen molar-refractivity contribution < 1.29 is 9.90 Å². The summed E-state index contributed by atoms with van der Waals surface area (Å²) in [5.74, 6) is 1.87. The first-order valence-corrected chi connectivity index (χ1v) is 8.95. The third-order valence-electron chi connectivity index (χ3n) is 5.46. The predicted octanol–water partition coefficient (Wildman–Crippen LogP) is 3.66. The van der Waals surface area contributed by atoms with Crippen LogP contribution in [0.2, 0.25) is 0 Å². The molecule has 2 saturated carbocycles. The molecule has 2 fully saturated rings. The van der Waals surface area contributed by atoms with E-state index in [0.717, 1.165) is 31.1 Å². The normalized spacial score (nSPS) is 42.7. The lowest BCUT2D eigenvalue weighted by Crippen LogP contribution is -2.33. The lowest BCUT2D eigenvalue weighted by atomic mass is 9.73. The molecule has 5 atom stereocenters. The van der Waals surface area contributed by atoms with Gasteiger partial charge in [-0.25, -0.2) is 0 Å². The Morgan fingerprint density at radius 1 is 1.32 bits per heavy atom. The Labute approximate surface area is 121 Å². The zero-order valence-electron chi connectivity index (χ0n) is 12.5. The maximum Gasteiger partial charge on any atom is 0.129 e. The van der Waals surface area contributed by atoms with Crippen LogP contribution in [0.5, 0.6) is 0 Å². The lowest BCUT2D eigenvalue weighted by molar-refractivity contribution is -0.117. The standard InChI is InChI=1S/C16H28O2S/c1-11-8-16(7-6-12(2)17)9-13(11)4-5-15(19-3)14(18)10-16/h11,13-15,18H,4-10H2,1-3H3. The molecule has 2 aliphatic rings. The number of Topliss-reactive ketones (excluding diaryl/α,β-unsaturated/α-hetero) is 1. The molecule has 0 aromatic carbocycles. The molecule has 5 unspecified atom stereocenters. The van der Waals surface area contributed by atoms with Gasteiger partial charge in [-0.3, -0.25) is 0 Å². The van der Waals surface area contributed by atoms with Crippen LogP contribution in [0.15, 0.2) is 0 Å². The minimum absolute atomic E-state index is 0.187. The fourth-order valence-corrected chi connectivity index (χ4v) is 5.19. The van der Waals surface area contributed by atoms with Gasteiger partial charge in [0.15, 0.2) is 0 Å². The molecular weight excluding hydrogens is 256 g/mol. The summed E-state index contributed by atoms with van der Waals surface area (Å²) >= 11 is 1.82. The van der Waals surface area contributed by atoms with Crippen molar-refractivity contribution in [2.45, 2.75) is 70.1 Å². The Kier molecular flexibility index (Phi) is 4.99. The fraction of sp³-hybridized carbons (Fsp3) is 0.938. The molecule has 3 heteroatoms. The molecule has 0 heterocycles. The Morgan fingerprint density at radius 3 is 2.68 bits per heavy atom. The summed E-state index contributed by atoms with van der Waals surface area (Å²) in [6.45, 7) is 4.06. The minimum atomic E-state index is -0.187. The van der Waals surface area contributed by atoms with E-state index in [2.05, 4.69) is 13.2 Å². The van der Waals surface area contributed by atoms with Gasteiger partial charge in [0.1, 0.15) is 5.78 Å². The summed E-state index contributed by atoms with van der Waals surface area (Å²) in [6.07, 6.45) is 9.37. The van der Waals surface area contributed by atoms with Crippen LogP contribution in [0.3, 0.4) is 0 Å². The van der Waals surface area contributed by atoms with Crippen molar-refractivity contribution in [3.05, 3.63) is 0 Å². The monoisotopic (exact) mass is 284 g/mol. The third-order valence-corrected chi connectivity index (χ3v) is 6.61. The van der Waals surface area contributed by atoms with Crippen molar-refractivity contribution in [3.63, 3.8) is 0 Å². The largest absolute Gasteiger partial charge is 0.392 e. The third kappa shape index (κ3) is 3.55. The summed E-state index contributed by atoms with van der Waals surface area (Å²) in [6, 6.07) is 0. The molecule has 0 radical (unpaired) electrons. The van der Waals surface area contributed by atoms with Crippen LogP contribution in [0.25, 0.3) is 0 Å². The van der Waals surface area contributed by atoms with Gasteiger partial charge in [0.05, 0.1) is 6.10 Å². The van der Waals surface area contributed by atoms with Crippen molar-refractivity contribution in [2.24, 2.45) is 17.3 Å². The first-order valence-electron chi connectivity index (χ1n) is 7.66. The zero-order valence-corrected chi connectivity index (χ0v) is 13.3. The van der Waals surface area contributed by atoms with Gasteiger partial charge in [-0.2, -0.15) is 11.8 Å². The summed E-state index contributed by atoms with van der Waals surface area (Å²) < 4.78 is 0. The topological polar surface area (TPSA) is 37.3 Å². The van der Waals surface area contributed by atoms with Gasteiger partial charge >= 0.3 is 0 Å². The highest BCUT2D eigenvalue weighted by Crippen LogP contribution is 2.54. The smallest absolute Gasteiger partial charge is 0.129 e. The number of hydrogen-bond acceptors (Lipinski definition) is 3. The molecule has 1 N–H and O–H groups in total. The Morgan fingerprint density at radius 2 is 2.05 bits per heavy atom. The molecule has 2 nitrogen and oxygen atoms in total. The number of rotatable bonds is 4. The van der Waals surface area contributed by atoms with Crippen molar-refractivity contribution in [3.8, 4) is 0 Å². The quantitative estimate of drug-likeness (QED) is 0.856. The average molecular weight is 284 g/mol. The number of aliphatic hydroxyl groups excluding tert-OH is 1. The van der Waals surface area contributed by atoms with E-state index >= 15 is 0 Å². The van der Waals surface area contributed by atoms with Crippen LogP contribution in [-0.4, -0.2) is 28.5 Å². The summed E-state index contributed by atoms with van der Waals surface area (Å²) in [5.41, 5.74) is 0.240. The Balaban J connectivity index is 2.12. The second-order valence-corrected chi connectivity index (χ2v) is 8.05. The van der Waals surface area contributed by atoms with Gasteiger partial charge in [0, 0.05) is 11.7 Å². The molecular formula is C16H28O2S. The maximum atomic E-state index is 11.3. The first-order chi connectivity index (χ1) is 8.96. The van der Waals surface area contributed by atoms with Crippen molar-refractivity contribution >= 4 is 17.5 Å². The van der Waals surface area contributed by atoms with E-state index in [1.807, 2.05) is 11.8 Å². The molecule has 2 bridgehead atoms. The number of carbonyl (C=O) groups excluding carboxylic acids is 1. The van der Waals surface area contributed by atoms with Crippen LogP contribution in [0, 0.1) is 17.3 Å². The van der Waals surface area contributed by atoms with E-state index in [1.54, 1.807) is 6.92 Å². The second-order valence-electron chi connectivity index (χ2n) is 6.97. The number of aliphatic hydroxyl groups is 1. The summed E-state index contributed by atoms with van der Waals surface area (Å²) in [7, 11) is 0. The van der Waals surface area contributed by atoms with E-state index in [9.17, 15) is 9.90 Å². The minimum Gasteiger partial charge on any atom is -0.392 e. The molecule has 0 aliphatic heterocycles. The number of thioether (sulfide) groups is 1. The zero-order chi connectivity index (χ0) is 14.0. The van der Waals surface area contributed by atoms with Crippen LogP contribution in [-0.2, 0) is 4.79 Å². The number of hydrogen-bond donors (Lipinski definition) is 1. The summed E-state index contributed by atoms with van der Waals surface area (Å²) in [5, 5.41) is 10.9. The van der Waals surface area contributed by atoms with E-state index in [4.69, 9.17) is 0 Å². The molecule has 0 aromatic heterocycles. The molecule has 0 aromatic rings. The van der Waals surface area contributed by atoms with Crippen LogP contribution in [0.4, 0.5) is 0 Å². The van der Waals surface area contributed by atoms with Gasteiger partial charge in [-0.1, -0.05) is 6.92 Å². The van der Waals surface area contributed by atoms with Gasteiger partial charge in [-0.05, 0) is 69.0 Å². The van der Waals surface area contributed by atoms with Crippen molar-refractivity contribution in [1.82, 2.24) is 0 Å². The van der Waals surface area contributed by atoms with E-state index in [0.29, 0.717) is 17.5 Å². The Hall–Kier alpha value is -0.0200. The average Bonchev–Trinajstić information content (AvgIpc) is 2.64. The molecule has 19 heavy (non-hydrogen) atoms. The highest BCUT2D eigenvalue weighted by atomic mass is 32.2. The van der Waals surface area contributed by atoms with Crippen molar-refractivity contribution in [1.29, 1.82) is 0 Å².